The molecule has 0 bridgehead atoms. The van der Waals surface area contributed by atoms with Gasteiger partial charge in [-0.2, -0.15) is 0 Å². The number of rotatable bonds is 4. The monoisotopic (exact) mass is 208 g/mol. The Labute approximate surface area is 89.4 Å². The van der Waals surface area contributed by atoms with E-state index in [1.807, 2.05) is 32.0 Å². The van der Waals surface area contributed by atoms with Crippen LogP contribution in [0.2, 0.25) is 0 Å². The molecule has 0 aromatic heterocycles. The van der Waals surface area contributed by atoms with Crippen LogP contribution in [0.3, 0.4) is 0 Å². The van der Waals surface area contributed by atoms with Gasteiger partial charge in [0.1, 0.15) is 11.6 Å². The van der Waals surface area contributed by atoms with Gasteiger partial charge in [0.25, 0.3) is 0 Å². The standard InChI is InChI=1S/C11H16N2O2/c1-8-4-3-5-9(2)11(8)15-7-6-10(12)13-14/h3-5,14H,6-7H2,1-2H3,(H2,12,13). The largest absolute Gasteiger partial charge is 0.493 e. The van der Waals surface area contributed by atoms with Gasteiger partial charge in [-0.3, -0.25) is 0 Å². The Kier molecular flexibility index (Phi) is 3.97. The fraction of sp³-hybridized carbons (Fsp3) is 0.364. The fourth-order valence-corrected chi connectivity index (χ4v) is 1.33. The fourth-order valence-electron chi connectivity index (χ4n) is 1.33. The van der Waals surface area contributed by atoms with Crippen LogP contribution in [0.1, 0.15) is 17.5 Å². The first kappa shape index (κ1) is 11.4. The highest BCUT2D eigenvalue weighted by Crippen LogP contribution is 2.22. The number of para-hydroxylation sites is 1. The number of ether oxygens (including phenoxy) is 1. The third-order valence-corrected chi connectivity index (χ3v) is 2.14. The lowest BCUT2D eigenvalue weighted by Gasteiger charge is -2.11. The second-order valence-corrected chi connectivity index (χ2v) is 3.41. The Bertz CT molecular complexity index is 341. The summed E-state index contributed by atoms with van der Waals surface area (Å²) in [6.07, 6.45) is 0.421. The molecule has 0 aliphatic heterocycles. The highest BCUT2D eigenvalue weighted by atomic mass is 16.5. The van der Waals surface area contributed by atoms with Gasteiger partial charge >= 0.3 is 0 Å². The van der Waals surface area contributed by atoms with E-state index in [2.05, 4.69) is 5.16 Å². The molecule has 4 nitrogen and oxygen atoms in total. The number of hydrogen-bond donors (Lipinski definition) is 2. The lowest BCUT2D eigenvalue weighted by molar-refractivity contribution is 0.304. The zero-order valence-corrected chi connectivity index (χ0v) is 9.03. The molecule has 0 saturated carbocycles. The van der Waals surface area contributed by atoms with E-state index in [0.717, 1.165) is 16.9 Å². The van der Waals surface area contributed by atoms with Crippen LogP contribution in [0, 0.1) is 13.8 Å². The lowest BCUT2D eigenvalue weighted by Crippen LogP contribution is -2.15. The van der Waals surface area contributed by atoms with Crippen LogP contribution in [0.25, 0.3) is 0 Å². The van der Waals surface area contributed by atoms with E-state index >= 15 is 0 Å². The first-order valence-electron chi connectivity index (χ1n) is 4.80. The topological polar surface area (TPSA) is 67.8 Å². The zero-order chi connectivity index (χ0) is 11.3. The van der Waals surface area contributed by atoms with Gasteiger partial charge in [0.15, 0.2) is 0 Å². The van der Waals surface area contributed by atoms with Gasteiger partial charge in [-0.25, -0.2) is 0 Å². The van der Waals surface area contributed by atoms with Crippen LogP contribution in [0.5, 0.6) is 5.75 Å². The predicted molar refractivity (Wildman–Crippen MR) is 59.4 cm³/mol. The summed E-state index contributed by atoms with van der Waals surface area (Å²) in [5.74, 6) is 1.06. The number of benzene rings is 1. The second-order valence-electron chi connectivity index (χ2n) is 3.41. The van der Waals surface area contributed by atoms with Crippen molar-refractivity contribution in [3.63, 3.8) is 0 Å². The lowest BCUT2D eigenvalue weighted by atomic mass is 10.1. The number of hydrogen-bond acceptors (Lipinski definition) is 3. The van der Waals surface area contributed by atoms with Crippen molar-refractivity contribution in [3.05, 3.63) is 29.3 Å². The molecule has 0 heterocycles. The summed E-state index contributed by atoms with van der Waals surface area (Å²) >= 11 is 0. The third kappa shape index (κ3) is 3.16. The number of amidine groups is 1. The van der Waals surface area contributed by atoms with Crippen LogP contribution >= 0.6 is 0 Å². The summed E-state index contributed by atoms with van der Waals surface area (Å²) in [6, 6.07) is 5.97. The maximum absolute atomic E-state index is 8.35. The van der Waals surface area contributed by atoms with Gasteiger partial charge in [-0.05, 0) is 25.0 Å². The quantitative estimate of drug-likeness (QED) is 0.343. The van der Waals surface area contributed by atoms with Crippen LogP contribution in [-0.2, 0) is 0 Å². The highest BCUT2D eigenvalue weighted by Gasteiger charge is 2.03. The molecule has 0 aliphatic rings. The molecule has 3 N–H and O–H groups in total. The molecule has 0 aliphatic carbocycles. The minimum atomic E-state index is 0.182. The van der Waals surface area contributed by atoms with Crippen molar-refractivity contribution >= 4 is 5.84 Å². The first-order valence-corrected chi connectivity index (χ1v) is 4.80. The Balaban J connectivity index is 2.58. The molecule has 0 radical (unpaired) electrons. The minimum Gasteiger partial charge on any atom is -0.493 e. The average Bonchev–Trinajstić information content (AvgIpc) is 2.22. The van der Waals surface area contributed by atoms with E-state index in [-0.39, 0.29) is 5.84 Å². The Morgan fingerprint density at radius 1 is 1.40 bits per heavy atom. The van der Waals surface area contributed by atoms with E-state index < -0.39 is 0 Å². The Morgan fingerprint density at radius 3 is 2.53 bits per heavy atom. The molecule has 1 rings (SSSR count). The smallest absolute Gasteiger partial charge is 0.142 e. The first-order chi connectivity index (χ1) is 7.15. The van der Waals surface area contributed by atoms with Gasteiger partial charge in [0, 0.05) is 6.42 Å². The molecular weight excluding hydrogens is 192 g/mol. The van der Waals surface area contributed by atoms with Gasteiger partial charge in [0.2, 0.25) is 0 Å². The summed E-state index contributed by atoms with van der Waals surface area (Å²) in [7, 11) is 0. The Morgan fingerprint density at radius 2 is 2.00 bits per heavy atom. The van der Waals surface area contributed by atoms with E-state index in [9.17, 15) is 0 Å². The molecule has 0 fully saturated rings. The van der Waals surface area contributed by atoms with Crippen molar-refractivity contribution in [2.45, 2.75) is 20.3 Å². The molecule has 15 heavy (non-hydrogen) atoms. The molecule has 0 unspecified atom stereocenters. The predicted octanol–water partition coefficient (Wildman–Crippen LogP) is 1.82. The van der Waals surface area contributed by atoms with E-state index in [4.69, 9.17) is 15.7 Å². The molecule has 0 atom stereocenters. The average molecular weight is 208 g/mol. The number of aryl methyl sites for hydroxylation is 2. The van der Waals surface area contributed by atoms with Crippen LogP contribution < -0.4 is 10.5 Å². The van der Waals surface area contributed by atoms with Crippen molar-refractivity contribution in [3.8, 4) is 5.75 Å². The van der Waals surface area contributed by atoms with Gasteiger partial charge < -0.3 is 15.7 Å². The number of nitrogens with zero attached hydrogens (tertiary/aromatic N) is 1. The molecule has 1 aromatic rings. The molecule has 0 saturated heterocycles. The molecular formula is C11H16N2O2. The normalized spacial score (nSPS) is 11.5. The van der Waals surface area contributed by atoms with Gasteiger partial charge in [-0.15, -0.1) is 0 Å². The Hall–Kier alpha value is -1.71. The van der Waals surface area contributed by atoms with E-state index in [1.165, 1.54) is 0 Å². The summed E-state index contributed by atoms with van der Waals surface area (Å²) in [4.78, 5) is 0. The molecule has 82 valence electrons. The van der Waals surface area contributed by atoms with Gasteiger partial charge in [0.05, 0.1) is 6.61 Å². The summed E-state index contributed by atoms with van der Waals surface area (Å²) in [6.45, 7) is 4.40. The number of oxime groups is 1. The van der Waals surface area contributed by atoms with Crippen LogP contribution in [0.15, 0.2) is 23.4 Å². The van der Waals surface area contributed by atoms with Crippen molar-refractivity contribution in [1.29, 1.82) is 0 Å². The van der Waals surface area contributed by atoms with Crippen LogP contribution in [-0.4, -0.2) is 17.6 Å². The summed E-state index contributed by atoms with van der Waals surface area (Å²) in [5, 5.41) is 11.2. The molecule has 0 amide bonds. The molecule has 0 spiro atoms. The minimum absolute atomic E-state index is 0.182. The van der Waals surface area contributed by atoms with E-state index in [0.29, 0.717) is 13.0 Å². The van der Waals surface area contributed by atoms with Crippen molar-refractivity contribution in [2.24, 2.45) is 10.9 Å². The maximum atomic E-state index is 8.35. The van der Waals surface area contributed by atoms with Crippen molar-refractivity contribution in [1.82, 2.24) is 0 Å². The van der Waals surface area contributed by atoms with Crippen LogP contribution in [0.4, 0.5) is 0 Å². The zero-order valence-electron chi connectivity index (χ0n) is 9.03. The highest BCUT2D eigenvalue weighted by molar-refractivity contribution is 5.79. The summed E-state index contributed by atoms with van der Waals surface area (Å²) in [5.41, 5.74) is 7.52. The van der Waals surface area contributed by atoms with Crippen molar-refractivity contribution < 1.29 is 9.94 Å². The summed E-state index contributed by atoms with van der Waals surface area (Å²) < 4.78 is 5.57. The molecule has 1 aromatic carbocycles. The second kappa shape index (κ2) is 5.24. The van der Waals surface area contributed by atoms with Gasteiger partial charge in [-0.1, -0.05) is 23.4 Å². The van der Waals surface area contributed by atoms with E-state index in [1.54, 1.807) is 0 Å². The molecule has 4 heteroatoms. The maximum Gasteiger partial charge on any atom is 0.142 e. The SMILES string of the molecule is Cc1cccc(C)c1OCCC(N)=NO. The van der Waals surface area contributed by atoms with Crippen molar-refractivity contribution in [2.75, 3.05) is 6.61 Å². The third-order valence-electron chi connectivity index (χ3n) is 2.14. The number of nitrogens with two attached hydrogens (primary N) is 1.